The molecule has 1 unspecified atom stereocenters. The van der Waals surface area contributed by atoms with Crippen LogP contribution in [0.4, 0.5) is 5.69 Å². The second-order valence-electron chi connectivity index (χ2n) is 9.13. The zero-order valence-electron chi connectivity index (χ0n) is 21.9. The van der Waals surface area contributed by atoms with Gasteiger partial charge in [0.15, 0.2) is 0 Å². The van der Waals surface area contributed by atoms with E-state index in [9.17, 15) is 24.3 Å². The van der Waals surface area contributed by atoms with Gasteiger partial charge >= 0.3 is 5.97 Å². The topological polar surface area (TPSA) is 107 Å². The smallest absolute Gasteiger partial charge is 0.374 e. The zero-order chi connectivity index (χ0) is 28.4. The van der Waals surface area contributed by atoms with Crippen LogP contribution in [0.1, 0.15) is 29.3 Å². The number of nitrogens with zero attached hydrogens (tertiary/aromatic N) is 3. The number of aliphatic hydroxyl groups excluding tert-OH is 1. The Morgan fingerprint density at radius 2 is 1.67 bits per heavy atom. The molecule has 2 aromatic carbocycles. The summed E-state index contributed by atoms with van der Waals surface area (Å²) in [7, 11) is 0. The summed E-state index contributed by atoms with van der Waals surface area (Å²) in [5.41, 5.74) is 2.16. The third-order valence-electron chi connectivity index (χ3n) is 6.47. The van der Waals surface area contributed by atoms with E-state index in [1.165, 1.54) is 10.5 Å². The monoisotopic (exact) mass is 575 g/mol. The van der Waals surface area contributed by atoms with Crippen molar-refractivity contribution in [1.82, 2.24) is 9.80 Å². The average molecular weight is 576 g/mol. The first-order valence-electron chi connectivity index (χ1n) is 12.9. The standard InChI is InChI=1S/C28H34ClN3O6S/c1-2-38-28(37)24(34)19-25(39)27(36)32(17-18-33)23-9-5-21(6-10-23)26(35)31-15-13-30(14-16-31)12-11-20-3-7-22(29)8-4-20/h3-10,25,33,39H,2,11-19H2,1H3. The Balaban J connectivity index is 1.55. The molecule has 1 N–H and O–H groups in total. The zero-order valence-corrected chi connectivity index (χ0v) is 23.6. The maximum absolute atomic E-state index is 13.1. The quantitative estimate of drug-likeness (QED) is 0.227. The summed E-state index contributed by atoms with van der Waals surface area (Å²) in [6, 6.07) is 14.4. The van der Waals surface area contributed by atoms with Gasteiger partial charge in [-0.3, -0.25) is 19.3 Å². The van der Waals surface area contributed by atoms with Crippen LogP contribution in [0.5, 0.6) is 0 Å². The van der Waals surface area contributed by atoms with Crippen molar-refractivity contribution in [2.24, 2.45) is 0 Å². The average Bonchev–Trinajstić information content (AvgIpc) is 2.95. The first kappa shape index (κ1) is 30.6. The number of esters is 1. The molecular formula is C28H34ClN3O6S. The molecule has 1 fully saturated rings. The van der Waals surface area contributed by atoms with E-state index in [-0.39, 0.29) is 25.7 Å². The van der Waals surface area contributed by atoms with Crippen molar-refractivity contribution in [1.29, 1.82) is 0 Å². The van der Waals surface area contributed by atoms with Crippen molar-refractivity contribution in [3.63, 3.8) is 0 Å². The molecule has 0 spiro atoms. The Morgan fingerprint density at radius 1 is 1.03 bits per heavy atom. The number of hydrogen-bond donors (Lipinski definition) is 2. The predicted octanol–water partition coefficient (Wildman–Crippen LogP) is 2.49. The van der Waals surface area contributed by atoms with Crippen LogP contribution in [0.25, 0.3) is 0 Å². The number of Topliss-reactive ketones (excluding diaryl/α,β-unsaturated/α-hetero) is 1. The minimum Gasteiger partial charge on any atom is -0.460 e. The van der Waals surface area contributed by atoms with Gasteiger partial charge in [0, 0.05) is 62.0 Å². The number of hydrogen-bond acceptors (Lipinski definition) is 8. The summed E-state index contributed by atoms with van der Waals surface area (Å²) in [5, 5.41) is 9.12. The van der Waals surface area contributed by atoms with Gasteiger partial charge in [-0.1, -0.05) is 23.7 Å². The highest BCUT2D eigenvalue weighted by Crippen LogP contribution is 2.20. The summed E-state index contributed by atoms with van der Waals surface area (Å²) in [4.78, 5) is 55.0. The molecule has 0 radical (unpaired) electrons. The van der Waals surface area contributed by atoms with E-state index in [4.69, 9.17) is 11.6 Å². The minimum absolute atomic E-state index is 0.0330. The lowest BCUT2D eigenvalue weighted by Crippen LogP contribution is -2.49. The van der Waals surface area contributed by atoms with Crippen molar-refractivity contribution in [3.05, 3.63) is 64.7 Å². The van der Waals surface area contributed by atoms with Gasteiger partial charge in [-0.25, -0.2) is 4.79 Å². The Bertz CT molecular complexity index is 1140. The summed E-state index contributed by atoms with van der Waals surface area (Å²) >= 11 is 10.2. The molecule has 1 heterocycles. The fourth-order valence-electron chi connectivity index (χ4n) is 4.28. The van der Waals surface area contributed by atoms with Gasteiger partial charge in [0.25, 0.3) is 5.91 Å². The van der Waals surface area contributed by atoms with Crippen LogP contribution in [0.3, 0.4) is 0 Å². The van der Waals surface area contributed by atoms with E-state index < -0.39 is 29.3 Å². The molecule has 2 aromatic rings. The molecule has 0 aromatic heterocycles. The fourth-order valence-corrected chi connectivity index (χ4v) is 4.71. The SMILES string of the molecule is CCOC(=O)C(=O)CC(S)C(=O)N(CCO)c1ccc(C(=O)N2CCN(CCc3ccc(Cl)cc3)CC2)cc1. The highest BCUT2D eigenvalue weighted by molar-refractivity contribution is 7.81. The number of piperazine rings is 1. The molecule has 39 heavy (non-hydrogen) atoms. The molecule has 1 aliphatic heterocycles. The van der Waals surface area contributed by atoms with Gasteiger partial charge in [0.2, 0.25) is 11.7 Å². The number of ether oxygens (including phenoxy) is 1. The van der Waals surface area contributed by atoms with Gasteiger partial charge in [0.05, 0.1) is 18.5 Å². The molecule has 3 rings (SSSR count). The number of halogens is 1. The van der Waals surface area contributed by atoms with E-state index in [0.717, 1.165) is 31.1 Å². The van der Waals surface area contributed by atoms with Crippen molar-refractivity contribution in [2.45, 2.75) is 25.0 Å². The molecular weight excluding hydrogens is 542 g/mol. The van der Waals surface area contributed by atoms with E-state index in [0.29, 0.717) is 24.3 Å². The lowest BCUT2D eigenvalue weighted by Gasteiger charge is -2.35. The van der Waals surface area contributed by atoms with Crippen LogP contribution in [0, 0.1) is 0 Å². The summed E-state index contributed by atoms with van der Waals surface area (Å²) in [6.07, 6.45) is 0.491. The van der Waals surface area contributed by atoms with Gasteiger partial charge in [-0.2, -0.15) is 12.6 Å². The van der Waals surface area contributed by atoms with E-state index in [2.05, 4.69) is 22.3 Å². The number of carbonyl (C=O) groups excluding carboxylic acids is 4. The lowest BCUT2D eigenvalue weighted by atomic mass is 10.1. The Morgan fingerprint density at radius 3 is 2.26 bits per heavy atom. The highest BCUT2D eigenvalue weighted by atomic mass is 35.5. The number of thiol groups is 1. The third kappa shape index (κ3) is 8.79. The normalized spacial score (nSPS) is 14.5. The van der Waals surface area contributed by atoms with Crippen LogP contribution in [-0.2, 0) is 25.5 Å². The van der Waals surface area contributed by atoms with Crippen LogP contribution >= 0.6 is 24.2 Å². The maximum atomic E-state index is 13.1. The molecule has 0 aliphatic carbocycles. The molecule has 9 nitrogen and oxygen atoms in total. The second kappa shape index (κ2) is 15.0. The molecule has 2 amide bonds. The molecule has 1 aliphatic rings. The Hall–Kier alpha value is -2.92. The van der Waals surface area contributed by atoms with Gasteiger partial charge in [-0.05, 0) is 55.3 Å². The maximum Gasteiger partial charge on any atom is 0.374 e. The highest BCUT2D eigenvalue weighted by Gasteiger charge is 2.28. The van der Waals surface area contributed by atoms with Gasteiger partial charge in [-0.15, -0.1) is 0 Å². The first-order chi connectivity index (χ1) is 18.7. The Labute approximate surface area is 239 Å². The number of anilines is 1. The van der Waals surface area contributed by atoms with E-state index >= 15 is 0 Å². The Kier molecular flexibility index (Phi) is 11.8. The fraction of sp³-hybridized carbons (Fsp3) is 0.429. The third-order valence-corrected chi connectivity index (χ3v) is 7.13. The molecule has 0 saturated carbocycles. The number of ketones is 1. The van der Waals surface area contributed by atoms with Gasteiger partial charge < -0.3 is 19.6 Å². The van der Waals surface area contributed by atoms with Crippen LogP contribution < -0.4 is 4.90 Å². The van der Waals surface area contributed by atoms with Crippen molar-refractivity contribution >= 4 is 53.5 Å². The predicted molar refractivity (Wildman–Crippen MR) is 152 cm³/mol. The summed E-state index contributed by atoms with van der Waals surface area (Å²) < 4.78 is 4.67. The number of benzene rings is 2. The largest absolute Gasteiger partial charge is 0.460 e. The lowest BCUT2D eigenvalue weighted by molar-refractivity contribution is -0.153. The molecule has 11 heteroatoms. The number of amides is 2. The van der Waals surface area contributed by atoms with Crippen LogP contribution in [0.2, 0.25) is 5.02 Å². The first-order valence-corrected chi connectivity index (χ1v) is 13.8. The minimum atomic E-state index is -1.09. The molecule has 1 atom stereocenters. The van der Waals surface area contributed by atoms with Crippen molar-refractivity contribution in [2.75, 3.05) is 57.4 Å². The van der Waals surface area contributed by atoms with E-state index in [1.807, 2.05) is 29.2 Å². The molecule has 0 bridgehead atoms. The number of rotatable bonds is 12. The number of aliphatic hydroxyl groups is 1. The summed E-state index contributed by atoms with van der Waals surface area (Å²) in [6.45, 7) is 4.99. The van der Waals surface area contributed by atoms with Crippen molar-refractivity contribution < 1.29 is 29.0 Å². The number of carbonyl (C=O) groups is 4. The molecule has 210 valence electrons. The van der Waals surface area contributed by atoms with Crippen LogP contribution in [-0.4, -0.2) is 96.2 Å². The second-order valence-corrected chi connectivity index (χ2v) is 10.2. The van der Waals surface area contributed by atoms with Crippen LogP contribution in [0.15, 0.2) is 48.5 Å². The van der Waals surface area contributed by atoms with E-state index in [1.54, 1.807) is 31.2 Å². The van der Waals surface area contributed by atoms with Crippen molar-refractivity contribution in [3.8, 4) is 0 Å². The summed E-state index contributed by atoms with van der Waals surface area (Å²) in [5.74, 6) is -2.49. The van der Waals surface area contributed by atoms with Gasteiger partial charge in [0.1, 0.15) is 0 Å². The molecule has 1 saturated heterocycles.